The number of rotatable bonds is 12. The Hall–Kier alpha value is -0.650. The summed E-state index contributed by atoms with van der Waals surface area (Å²) in [6.07, 6.45) is 2.79. The lowest BCUT2D eigenvalue weighted by Crippen LogP contribution is -2.16. The number of hydrogen-bond donors (Lipinski definition) is 0. The summed E-state index contributed by atoms with van der Waals surface area (Å²) in [5, 5.41) is 0. The first-order chi connectivity index (χ1) is 8.31. The first-order valence-corrected chi connectivity index (χ1v) is 6.11. The summed E-state index contributed by atoms with van der Waals surface area (Å²) in [4.78, 5) is 11.1. The number of esters is 1. The van der Waals surface area contributed by atoms with E-state index in [1.54, 1.807) is 7.11 Å². The Morgan fingerprint density at radius 1 is 0.941 bits per heavy atom. The van der Waals surface area contributed by atoms with Crippen molar-refractivity contribution in [3.63, 3.8) is 0 Å². The van der Waals surface area contributed by atoms with Crippen LogP contribution < -0.4 is 0 Å². The third-order valence-corrected chi connectivity index (χ3v) is 1.99. The number of unbranched alkanes of at least 4 members (excludes halogenated alkanes) is 1. The van der Waals surface area contributed by atoms with Crippen molar-refractivity contribution in [3.8, 4) is 0 Å². The Bertz CT molecular complexity index is 172. The molecule has 0 saturated heterocycles. The molecule has 0 aromatic rings. The summed E-state index contributed by atoms with van der Waals surface area (Å²) in [6.45, 7) is 4.78. The zero-order valence-corrected chi connectivity index (χ0v) is 10.9. The second kappa shape index (κ2) is 13.4. The van der Waals surface area contributed by atoms with Crippen LogP contribution in [0.2, 0.25) is 0 Å². The number of carbonyl (C=O) groups excluding carboxylic acids is 1. The molecule has 102 valence electrons. The molecule has 0 aliphatic rings. The van der Waals surface area contributed by atoms with Gasteiger partial charge in [0.05, 0.1) is 19.8 Å². The maximum absolute atomic E-state index is 11.1. The van der Waals surface area contributed by atoms with Crippen molar-refractivity contribution < 1.29 is 23.7 Å². The van der Waals surface area contributed by atoms with Crippen LogP contribution >= 0.6 is 0 Å². The number of carbonyl (C=O) groups is 1. The van der Waals surface area contributed by atoms with E-state index in [1.165, 1.54) is 0 Å². The lowest BCUT2D eigenvalue weighted by atomic mass is 10.4. The molecule has 0 unspecified atom stereocenters. The van der Waals surface area contributed by atoms with Gasteiger partial charge in [-0.3, -0.25) is 0 Å². The molecule has 0 saturated carbocycles. The van der Waals surface area contributed by atoms with Crippen LogP contribution in [0.1, 0.15) is 26.2 Å². The van der Waals surface area contributed by atoms with E-state index in [2.05, 4.69) is 0 Å². The first kappa shape index (κ1) is 16.4. The van der Waals surface area contributed by atoms with Crippen molar-refractivity contribution in [1.82, 2.24) is 0 Å². The smallest absolute Gasteiger partial charge is 0.332 e. The van der Waals surface area contributed by atoms with Crippen LogP contribution in [0.15, 0.2) is 0 Å². The number of hydrogen-bond acceptors (Lipinski definition) is 5. The highest BCUT2D eigenvalue weighted by Crippen LogP contribution is 1.90. The molecule has 0 rings (SSSR count). The van der Waals surface area contributed by atoms with Gasteiger partial charge in [-0.15, -0.1) is 0 Å². The van der Waals surface area contributed by atoms with E-state index < -0.39 is 0 Å². The molecule has 0 bridgehead atoms. The minimum atomic E-state index is -0.308. The van der Waals surface area contributed by atoms with Gasteiger partial charge >= 0.3 is 5.97 Å². The van der Waals surface area contributed by atoms with Crippen molar-refractivity contribution in [2.24, 2.45) is 0 Å². The molecule has 0 aromatic heterocycles. The number of methoxy groups -OCH3 is 1. The van der Waals surface area contributed by atoms with Gasteiger partial charge in [-0.1, -0.05) is 13.3 Å². The van der Waals surface area contributed by atoms with E-state index in [4.69, 9.17) is 18.9 Å². The molecule has 5 heteroatoms. The zero-order chi connectivity index (χ0) is 12.8. The van der Waals surface area contributed by atoms with Crippen LogP contribution in [-0.2, 0) is 23.7 Å². The highest BCUT2D eigenvalue weighted by molar-refractivity contribution is 5.70. The van der Waals surface area contributed by atoms with Crippen LogP contribution in [0, 0.1) is 0 Å². The van der Waals surface area contributed by atoms with Gasteiger partial charge in [0.2, 0.25) is 0 Å². The average Bonchev–Trinajstić information content (AvgIpc) is 2.33. The third kappa shape index (κ3) is 13.3. The second-order valence-corrected chi connectivity index (χ2v) is 3.59. The van der Waals surface area contributed by atoms with Gasteiger partial charge < -0.3 is 18.9 Å². The van der Waals surface area contributed by atoms with E-state index in [0.717, 1.165) is 19.3 Å². The maximum atomic E-state index is 11.1. The quantitative estimate of drug-likeness (QED) is 0.386. The summed E-state index contributed by atoms with van der Waals surface area (Å²) >= 11 is 0. The molecule has 0 atom stereocenters. The highest BCUT2D eigenvalue weighted by Gasteiger charge is 2.01. The van der Waals surface area contributed by atoms with Crippen LogP contribution in [0.5, 0.6) is 0 Å². The van der Waals surface area contributed by atoms with Crippen molar-refractivity contribution in [2.75, 3.05) is 46.8 Å². The molecule has 0 aliphatic carbocycles. The van der Waals surface area contributed by atoms with Crippen LogP contribution in [0.4, 0.5) is 0 Å². The summed E-state index contributed by atoms with van der Waals surface area (Å²) in [5.41, 5.74) is 0. The minimum absolute atomic E-state index is 0.00510. The molecule has 0 spiro atoms. The molecule has 0 radical (unpaired) electrons. The average molecular weight is 248 g/mol. The van der Waals surface area contributed by atoms with Gasteiger partial charge in [0.15, 0.2) is 0 Å². The Labute approximate surface area is 103 Å². The lowest BCUT2D eigenvalue weighted by Gasteiger charge is -2.06. The minimum Gasteiger partial charge on any atom is -0.464 e. The molecule has 17 heavy (non-hydrogen) atoms. The SMILES string of the molecule is CCCCOC(=O)COCCOCCCOC. The molecular weight excluding hydrogens is 224 g/mol. The fourth-order valence-corrected chi connectivity index (χ4v) is 1.05. The van der Waals surface area contributed by atoms with Crippen LogP contribution in [-0.4, -0.2) is 52.7 Å². The summed E-state index contributed by atoms with van der Waals surface area (Å²) in [6, 6.07) is 0. The number of ether oxygens (including phenoxy) is 4. The van der Waals surface area contributed by atoms with E-state index in [0.29, 0.717) is 33.0 Å². The second-order valence-electron chi connectivity index (χ2n) is 3.59. The Morgan fingerprint density at radius 2 is 1.71 bits per heavy atom. The van der Waals surface area contributed by atoms with E-state index in [-0.39, 0.29) is 12.6 Å². The van der Waals surface area contributed by atoms with Gasteiger partial charge in [0.25, 0.3) is 0 Å². The van der Waals surface area contributed by atoms with E-state index in [9.17, 15) is 4.79 Å². The standard InChI is InChI=1S/C12H24O5/c1-3-4-8-17-12(13)11-16-10-9-15-7-5-6-14-2/h3-11H2,1-2H3. The van der Waals surface area contributed by atoms with E-state index >= 15 is 0 Å². The fourth-order valence-electron chi connectivity index (χ4n) is 1.05. The van der Waals surface area contributed by atoms with Crippen molar-refractivity contribution in [3.05, 3.63) is 0 Å². The van der Waals surface area contributed by atoms with Crippen molar-refractivity contribution >= 4 is 5.97 Å². The Morgan fingerprint density at radius 3 is 2.41 bits per heavy atom. The molecule has 0 fully saturated rings. The van der Waals surface area contributed by atoms with Gasteiger partial charge in [-0.2, -0.15) is 0 Å². The Kier molecular flexibility index (Phi) is 12.9. The van der Waals surface area contributed by atoms with Gasteiger partial charge in [0, 0.05) is 20.3 Å². The van der Waals surface area contributed by atoms with Gasteiger partial charge in [-0.25, -0.2) is 4.79 Å². The molecule has 0 aliphatic heterocycles. The van der Waals surface area contributed by atoms with E-state index in [1.807, 2.05) is 6.92 Å². The monoisotopic (exact) mass is 248 g/mol. The molecule has 0 N–H and O–H groups in total. The van der Waals surface area contributed by atoms with Crippen molar-refractivity contribution in [1.29, 1.82) is 0 Å². The third-order valence-electron chi connectivity index (χ3n) is 1.99. The van der Waals surface area contributed by atoms with Crippen molar-refractivity contribution in [2.45, 2.75) is 26.2 Å². The summed E-state index contributed by atoms with van der Waals surface area (Å²) in [5.74, 6) is -0.308. The molecule has 5 nitrogen and oxygen atoms in total. The van der Waals surface area contributed by atoms with Gasteiger partial charge in [0.1, 0.15) is 6.61 Å². The topological polar surface area (TPSA) is 54.0 Å². The van der Waals surface area contributed by atoms with Gasteiger partial charge in [-0.05, 0) is 12.8 Å². The predicted molar refractivity (Wildman–Crippen MR) is 64.0 cm³/mol. The highest BCUT2D eigenvalue weighted by atomic mass is 16.6. The van der Waals surface area contributed by atoms with Crippen LogP contribution in [0.3, 0.4) is 0 Å². The maximum Gasteiger partial charge on any atom is 0.332 e. The molecule has 0 amide bonds. The Balaban J connectivity index is 3.08. The summed E-state index contributed by atoms with van der Waals surface area (Å²) in [7, 11) is 1.66. The molecule has 0 aromatic carbocycles. The zero-order valence-electron chi connectivity index (χ0n) is 10.9. The first-order valence-electron chi connectivity index (χ1n) is 6.11. The lowest BCUT2D eigenvalue weighted by molar-refractivity contribution is -0.149. The molecular formula is C12H24O5. The largest absolute Gasteiger partial charge is 0.464 e. The fraction of sp³-hybridized carbons (Fsp3) is 0.917. The predicted octanol–water partition coefficient (Wildman–Crippen LogP) is 1.40. The van der Waals surface area contributed by atoms with Crippen LogP contribution in [0.25, 0.3) is 0 Å². The molecule has 0 heterocycles. The summed E-state index contributed by atoms with van der Waals surface area (Å²) < 4.78 is 20.2. The normalized spacial score (nSPS) is 10.5.